The molecule has 0 saturated carbocycles. The second kappa shape index (κ2) is 10.8. The number of carbonyl (C=O) groups excluding carboxylic acids is 1. The summed E-state index contributed by atoms with van der Waals surface area (Å²) in [7, 11) is 0. The Balaban J connectivity index is 1.81. The zero-order chi connectivity index (χ0) is 24.0. The minimum absolute atomic E-state index is 0.0151. The molecular formula is C23H21ClF2N4O3. The summed E-state index contributed by atoms with van der Waals surface area (Å²) >= 11 is 6.15. The number of nitrogen functional groups attached to an aromatic ring is 1. The van der Waals surface area contributed by atoms with E-state index < -0.39 is 29.2 Å². The third-order valence-electron chi connectivity index (χ3n) is 4.57. The van der Waals surface area contributed by atoms with Crippen LogP contribution in [-0.2, 0) is 16.1 Å². The third kappa shape index (κ3) is 6.03. The number of amides is 1. The van der Waals surface area contributed by atoms with Gasteiger partial charge in [-0.1, -0.05) is 24.3 Å². The lowest BCUT2D eigenvalue weighted by Crippen LogP contribution is -2.30. The molecule has 33 heavy (non-hydrogen) atoms. The van der Waals surface area contributed by atoms with Gasteiger partial charge in [-0.3, -0.25) is 15.2 Å². The summed E-state index contributed by atoms with van der Waals surface area (Å²) in [6.45, 7) is 1.55. The fourth-order valence-electron chi connectivity index (χ4n) is 3.01. The van der Waals surface area contributed by atoms with Crippen LogP contribution >= 0.6 is 11.8 Å². The van der Waals surface area contributed by atoms with Crippen molar-refractivity contribution in [1.82, 2.24) is 9.40 Å². The molecule has 3 aromatic rings. The van der Waals surface area contributed by atoms with E-state index in [9.17, 15) is 13.6 Å². The van der Waals surface area contributed by atoms with Crippen LogP contribution in [0.4, 0.5) is 8.78 Å². The van der Waals surface area contributed by atoms with Crippen molar-refractivity contribution < 1.29 is 23.0 Å². The monoisotopic (exact) mass is 474 g/mol. The van der Waals surface area contributed by atoms with Crippen molar-refractivity contribution in [3.05, 3.63) is 89.2 Å². The first-order chi connectivity index (χ1) is 15.8. The van der Waals surface area contributed by atoms with Crippen molar-refractivity contribution >= 4 is 23.5 Å². The van der Waals surface area contributed by atoms with Crippen molar-refractivity contribution in [3.63, 3.8) is 0 Å². The molecular weight excluding hydrogens is 454 g/mol. The van der Waals surface area contributed by atoms with E-state index in [0.717, 1.165) is 16.6 Å². The van der Waals surface area contributed by atoms with Gasteiger partial charge in [-0.05, 0) is 24.6 Å². The van der Waals surface area contributed by atoms with E-state index in [0.29, 0.717) is 16.9 Å². The fourth-order valence-corrected chi connectivity index (χ4v) is 3.24. The maximum atomic E-state index is 14.9. The molecule has 172 valence electrons. The van der Waals surface area contributed by atoms with Gasteiger partial charge in [0.2, 0.25) is 0 Å². The predicted octanol–water partition coefficient (Wildman–Crippen LogP) is 4.70. The fraction of sp³-hybridized carbons (Fsp3) is 0.174. The molecule has 7 nitrogen and oxygen atoms in total. The van der Waals surface area contributed by atoms with Crippen LogP contribution in [0.3, 0.4) is 0 Å². The molecule has 0 fully saturated rings. The van der Waals surface area contributed by atoms with Gasteiger partial charge in [-0.2, -0.15) is 0 Å². The Labute approximate surface area is 194 Å². The van der Waals surface area contributed by atoms with Crippen LogP contribution in [0.15, 0.2) is 60.9 Å². The number of halogens is 3. The molecule has 3 N–H and O–H groups in total. The maximum absolute atomic E-state index is 14.9. The van der Waals surface area contributed by atoms with Gasteiger partial charge in [-0.15, -0.1) is 0 Å². The van der Waals surface area contributed by atoms with Crippen LogP contribution in [0.5, 0.6) is 11.5 Å². The molecule has 0 aliphatic carbocycles. The standard InChI is InChI=1S/C23H21ClF2N4O3/c1-2-32-21(23(31)30(24)13-14-5-7-15(8-6-14)22(27)28)20-18(25)10-17(11-19(20)26)33-16-4-3-9-29-12-16/h3-12,21H,2,13H2,1H3,(H3,27,28). The lowest BCUT2D eigenvalue weighted by molar-refractivity contribution is -0.139. The van der Waals surface area contributed by atoms with Gasteiger partial charge >= 0.3 is 0 Å². The van der Waals surface area contributed by atoms with Gasteiger partial charge in [0.25, 0.3) is 5.91 Å². The molecule has 0 spiro atoms. The highest BCUT2D eigenvalue weighted by Gasteiger charge is 2.32. The van der Waals surface area contributed by atoms with Crippen molar-refractivity contribution in [2.75, 3.05) is 6.61 Å². The number of aromatic nitrogens is 1. The Morgan fingerprint density at radius 3 is 2.39 bits per heavy atom. The Morgan fingerprint density at radius 2 is 1.85 bits per heavy atom. The lowest BCUT2D eigenvalue weighted by atomic mass is 10.1. The molecule has 0 radical (unpaired) electrons. The largest absolute Gasteiger partial charge is 0.456 e. The summed E-state index contributed by atoms with van der Waals surface area (Å²) in [6, 6.07) is 11.6. The van der Waals surface area contributed by atoms with Crippen LogP contribution in [0.2, 0.25) is 0 Å². The molecule has 0 saturated heterocycles. The van der Waals surface area contributed by atoms with E-state index in [1.54, 1.807) is 43.3 Å². The number of nitrogens with one attached hydrogen (secondary N) is 1. The average Bonchev–Trinajstić information content (AvgIpc) is 2.78. The van der Waals surface area contributed by atoms with E-state index in [2.05, 4.69) is 4.98 Å². The first-order valence-corrected chi connectivity index (χ1v) is 10.2. The molecule has 0 bridgehead atoms. The molecule has 1 unspecified atom stereocenters. The molecule has 1 atom stereocenters. The van der Waals surface area contributed by atoms with Crippen molar-refractivity contribution in [2.45, 2.75) is 19.6 Å². The van der Waals surface area contributed by atoms with Crippen LogP contribution in [-0.4, -0.2) is 27.8 Å². The molecule has 1 amide bonds. The van der Waals surface area contributed by atoms with Crippen LogP contribution in [0.25, 0.3) is 0 Å². The SMILES string of the molecule is CCOC(C(=O)N(Cl)Cc1ccc(C(=N)N)cc1)c1c(F)cc(Oc2cccnc2)cc1F. The molecule has 1 aromatic heterocycles. The molecule has 10 heteroatoms. The number of benzene rings is 2. The summed E-state index contributed by atoms with van der Waals surface area (Å²) in [4.78, 5) is 16.8. The zero-order valence-corrected chi connectivity index (χ0v) is 18.4. The Morgan fingerprint density at radius 1 is 1.18 bits per heavy atom. The van der Waals surface area contributed by atoms with Crippen LogP contribution in [0, 0.1) is 17.0 Å². The average molecular weight is 475 g/mol. The first kappa shape index (κ1) is 24.1. The van der Waals surface area contributed by atoms with Crippen molar-refractivity contribution in [3.8, 4) is 11.5 Å². The van der Waals surface area contributed by atoms with Gasteiger partial charge in [0.1, 0.15) is 29.0 Å². The molecule has 2 aromatic carbocycles. The number of ether oxygens (including phenoxy) is 2. The van der Waals surface area contributed by atoms with Crippen molar-refractivity contribution in [2.24, 2.45) is 5.73 Å². The zero-order valence-electron chi connectivity index (χ0n) is 17.6. The highest BCUT2D eigenvalue weighted by molar-refractivity contribution is 6.21. The predicted molar refractivity (Wildman–Crippen MR) is 119 cm³/mol. The number of hydrogen-bond donors (Lipinski definition) is 2. The number of amidine groups is 1. The summed E-state index contributed by atoms with van der Waals surface area (Å²) in [5.41, 5.74) is 5.99. The van der Waals surface area contributed by atoms with E-state index in [-0.39, 0.29) is 24.7 Å². The molecule has 1 heterocycles. The first-order valence-electron chi connectivity index (χ1n) is 9.89. The van der Waals surface area contributed by atoms with Gasteiger partial charge in [0.15, 0.2) is 6.10 Å². The summed E-state index contributed by atoms with van der Waals surface area (Å²) in [5, 5.41) is 7.42. The van der Waals surface area contributed by atoms with E-state index in [1.165, 1.54) is 12.4 Å². The normalized spacial score (nSPS) is 11.6. The van der Waals surface area contributed by atoms with E-state index >= 15 is 0 Å². The Bertz CT molecular complexity index is 1110. The summed E-state index contributed by atoms with van der Waals surface area (Å²) in [6.07, 6.45) is 1.33. The molecule has 0 aliphatic rings. The van der Waals surface area contributed by atoms with Crippen LogP contribution < -0.4 is 10.5 Å². The van der Waals surface area contributed by atoms with E-state index in [1.807, 2.05) is 0 Å². The minimum atomic E-state index is -1.60. The number of carbonyl (C=O) groups is 1. The van der Waals surface area contributed by atoms with Gasteiger partial charge in [-0.25, -0.2) is 13.2 Å². The Kier molecular flexibility index (Phi) is 7.92. The number of rotatable bonds is 9. The highest BCUT2D eigenvalue weighted by Crippen LogP contribution is 2.32. The minimum Gasteiger partial charge on any atom is -0.456 e. The third-order valence-corrected chi connectivity index (χ3v) is 4.85. The number of nitrogens with zero attached hydrogens (tertiary/aromatic N) is 2. The van der Waals surface area contributed by atoms with Crippen molar-refractivity contribution in [1.29, 1.82) is 5.41 Å². The van der Waals surface area contributed by atoms with Gasteiger partial charge in [0, 0.05) is 42.3 Å². The lowest BCUT2D eigenvalue weighted by Gasteiger charge is -2.23. The number of pyridine rings is 1. The maximum Gasteiger partial charge on any atom is 0.271 e. The van der Waals surface area contributed by atoms with Gasteiger partial charge < -0.3 is 15.2 Å². The van der Waals surface area contributed by atoms with Gasteiger partial charge in [0.05, 0.1) is 18.3 Å². The smallest absolute Gasteiger partial charge is 0.271 e. The summed E-state index contributed by atoms with van der Waals surface area (Å²) < 4.78 is 41.4. The second-order valence-electron chi connectivity index (χ2n) is 6.90. The molecule has 0 aliphatic heterocycles. The summed E-state index contributed by atoms with van der Waals surface area (Å²) in [5.74, 6) is -2.78. The number of hydrogen-bond acceptors (Lipinski definition) is 5. The number of nitrogens with two attached hydrogens (primary N) is 1. The quantitative estimate of drug-likeness (QED) is 0.266. The Hall–Kier alpha value is -3.56. The highest BCUT2D eigenvalue weighted by atomic mass is 35.5. The second-order valence-corrected chi connectivity index (χ2v) is 7.30. The topological polar surface area (TPSA) is 102 Å². The molecule has 3 rings (SSSR count). The van der Waals surface area contributed by atoms with Crippen LogP contribution in [0.1, 0.15) is 29.7 Å². The van der Waals surface area contributed by atoms with E-state index in [4.69, 9.17) is 32.4 Å².